The van der Waals surface area contributed by atoms with Crippen LogP contribution in [0.3, 0.4) is 0 Å². The average molecular weight is 416 g/mol. The van der Waals surface area contributed by atoms with Crippen molar-refractivity contribution in [2.75, 3.05) is 11.8 Å². The number of nitrogens with two attached hydrogens (primary N) is 1. The predicted octanol–water partition coefficient (Wildman–Crippen LogP) is -0.643. The Balaban J connectivity index is -0.0000000466. The van der Waals surface area contributed by atoms with Crippen LogP contribution in [0.1, 0.15) is 27.7 Å². The first-order chi connectivity index (χ1) is 8.55. The van der Waals surface area contributed by atoms with Gasteiger partial charge in [-0.3, -0.25) is 14.8 Å². The molecule has 0 atom stereocenters. The van der Waals surface area contributed by atoms with E-state index in [9.17, 15) is 9.59 Å². The molecule has 0 aromatic heterocycles. The molecule has 0 radical (unpaired) electrons. The summed E-state index contributed by atoms with van der Waals surface area (Å²) in [4.78, 5) is 21.0. The van der Waals surface area contributed by atoms with E-state index in [4.69, 9.17) is 45.2 Å². The summed E-state index contributed by atoms with van der Waals surface area (Å²) in [6.45, 7) is 6.70. The fraction of sp³-hybridized carbons (Fsp3) is 0.800. The van der Waals surface area contributed by atoms with Crippen molar-refractivity contribution in [3.05, 3.63) is 0 Å². The van der Waals surface area contributed by atoms with Crippen LogP contribution in [0.4, 0.5) is 0 Å². The first-order valence-corrected chi connectivity index (χ1v) is 6.52. The zero-order chi connectivity index (χ0) is 16.3. The van der Waals surface area contributed by atoms with Crippen LogP contribution in [0, 0.1) is 10.8 Å². The molecule has 0 bridgehead atoms. The third-order valence-corrected chi connectivity index (χ3v) is 3.76. The molecule has 0 aromatic carbocycles. The molecule has 6 N–H and O–H groups in total. The fourth-order valence-corrected chi connectivity index (χ4v) is 0.643. The van der Waals surface area contributed by atoms with E-state index in [2.05, 4.69) is 5.90 Å². The van der Waals surface area contributed by atoms with E-state index in [0.717, 1.165) is 0 Å². The second-order valence-electron chi connectivity index (χ2n) is 4.75. The quantitative estimate of drug-likeness (QED) is 0.158. The Morgan fingerprint density at radius 1 is 1.05 bits per heavy atom. The molecule has 0 heterocycles. The van der Waals surface area contributed by atoms with E-state index in [0.29, 0.717) is 0 Å². The SMILES string of the molecule is CC(C)(CCl)C(=O)Cl.CC(C)(CCl)C(=O)NO.Cl.NO.[Na+].[OH-]. The molecule has 0 saturated heterocycles. The molecule has 12 heteroatoms. The standard InChI is InChI=1S/C5H8Cl2O.C5H10ClNO2.ClH.H3NO.Na.H2O/c1-5(2,3-6)4(7)8;1-5(2,3-6)4(8)7-9;;1-2;;/h3H2,1-2H3;9H,3H2,1-2H3,(H,7,8);1H;2H,1H2;;1H2/q;;;;+1;/p-1. The summed E-state index contributed by atoms with van der Waals surface area (Å²) in [6, 6.07) is 0. The van der Waals surface area contributed by atoms with Gasteiger partial charge in [-0.25, -0.2) is 11.4 Å². The zero-order valence-electron chi connectivity index (χ0n) is 13.2. The Morgan fingerprint density at radius 3 is 1.36 bits per heavy atom. The first kappa shape index (κ1) is 38.6. The molecule has 0 saturated carbocycles. The third-order valence-electron chi connectivity index (χ3n) is 1.92. The minimum Gasteiger partial charge on any atom is -0.870 e. The Kier molecular flexibility index (Phi) is 35.4. The molecule has 22 heavy (non-hydrogen) atoms. The van der Waals surface area contributed by atoms with Crippen molar-refractivity contribution in [3.63, 3.8) is 0 Å². The molecule has 0 fully saturated rings. The number of amides is 1. The predicted molar refractivity (Wildman–Crippen MR) is 84.9 cm³/mol. The molecular weight excluding hydrogens is 393 g/mol. The van der Waals surface area contributed by atoms with Gasteiger partial charge in [0.05, 0.1) is 10.8 Å². The average Bonchev–Trinajstić information content (AvgIpc) is 2.40. The van der Waals surface area contributed by atoms with Gasteiger partial charge in [0.2, 0.25) is 11.1 Å². The molecular formula is C10H23Cl4N2NaO5. The third kappa shape index (κ3) is 19.2. The molecule has 0 unspecified atom stereocenters. The fourth-order valence-electron chi connectivity index (χ4n) is 0.265. The maximum absolute atomic E-state index is 10.6. The Morgan fingerprint density at radius 2 is 1.32 bits per heavy atom. The summed E-state index contributed by atoms with van der Waals surface area (Å²) < 4.78 is 0. The van der Waals surface area contributed by atoms with Crippen molar-refractivity contribution >= 4 is 58.4 Å². The second-order valence-corrected chi connectivity index (χ2v) is 5.63. The molecule has 132 valence electrons. The summed E-state index contributed by atoms with van der Waals surface area (Å²) in [5, 5.41) is 14.3. The van der Waals surface area contributed by atoms with Crippen molar-refractivity contribution < 1.29 is 55.0 Å². The summed E-state index contributed by atoms with van der Waals surface area (Å²) in [6.07, 6.45) is 0. The molecule has 1 amide bonds. The van der Waals surface area contributed by atoms with Gasteiger partial charge < -0.3 is 10.7 Å². The maximum atomic E-state index is 10.6. The molecule has 0 aliphatic carbocycles. The molecule has 7 nitrogen and oxygen atoms in total. The number of rotatable bonds is 4. The van der Waals surface area contributed by atoms with Gasteiger partial charge in [-0.05, 0) is 25.4 Å². The van der Waals surface area contributed by atoms with E-state index >= 15 is 0 Å². The van der Waals surface area contributed by atoms with Crippen LogP contribution in [0.5, 0.6) is 0 Å². The Labute approximate surface area is 174 Å². The van der Waals surface area contributed by atoms with Gasteiger partial charge in [-0.1, -0.05) is 13.8 Å². The van der Waals surface area contributed by atoms with Crippen molar-refractivity contribution in [1.29, 1.82) is 0 Å². The Hall–Kier alpha value is 1.14. The summed E-state index contributed by atoms with van der Waals surface area (Å²) in [7, 11) is 0. The number of hydrogen-bond acceptors (Lipinski definition) is 6. The second kappa shape index (κ2) is 20.2. The number of hydroxylamine groups is 1. The van der Waals surface area contributed by atoms with Crippen LogP contribution >= 0.6 is 47.2 Å². The van der Waals surface area contributed by atoms with E-state index in [1.807, 2.05) is 0 Å². The monoisotopic (exact) mass is 414 g/mol. The number of carbonyl (C=O) groups is 2. The normalized spacial score (nSPS) is 9.00. The maximum Gasteiger partial charge on any atom is 1.00 e. The smallest absolute Gasteiger partial charge is 0.870 e. The van der Waals surface area contributed by atoms with Gasteiger partial charge in [0, 0.05) is 11.8 Å². The molecule has 0 aliphatic heterocycles. The summed E-state index contributed by atoms with van der Waals surface area (Å²) >= 11 is 15.9. The van der Waals surface area contributed by atoms with Gasteiger partial charge in [0.15, 0.2) is 0 Å². The van der Waals surface area contributed by atoms with E-state index in [1.54, 1.807) is 27.7 Å². The van der Waals surface area contributed by atoms with Crippen LogP contribution in [-0.2, 0) is 9.59 Å². The minimum atomic E-state index is -0.684. The van der Waals surface area contributed by atoms with Gasteiger partial charge in [0.25, 0.3) is 0 Å². The number of halogens is 4. The molecule has 0 rings (SSSR count). The van der Waals surface area contributed by atoms with Crippen LogP contribution in [0.2, 0.25) is 0 Å². The van der Waals surface area contributed by atoms with Gasteiger partial charge in [-0.2, -0.15) is 0 Å². The van der Waals surface area contributed by atoms with Crippen LogP contribution < -0.4 is 40.9 Å². The van der Waals surface area contributed by atoms with E-state index < -0.39 is 16.7 Å². The van der Waals surface area contributed by atoms with Gasteiger partial charge in [0.1, 0.15) is 0 Å². The van der Waals surface area contributed by atoms with Gasteiger partial charge >= 0.3 is 29.6 Å². The van der Waals surface area contributed by atoms with Crippen LogP contribution in [-0.4, -0.2) is 38.8 Å². The molecule has 0 aliphatic rings. The van der Waals surface area contributed by atoms with Crippen molar-refractivity contribution in [2.24, 2.45) is 16.7 Å². The Bertz CT molecular complexity index is 284. The summed E-state index contributed by atoms with van der Waals surface area (Å²) in [5.74, 6) is 3.51. The largest absolute Gasteiger partial charge is 1.00 e. The number of hydrogen-bond donors (Lipinski definition) is 4. The van der Waals surface area contributed by atoms with Crippen molar-refractivity contribution in [1.82, 2.24) is 5.48 Å². The van der Waals surface area contributed by atoms with Crippen molar-refractivity contribution in [3.8, 4) is 0 Å². The summed E-state index contributed by atoms with van der Waals surface area (Å²) in [5.41, 5.74) is 0.282. The van der Waals surface area contributed by atoms with Crippen molar-refractivity contribution in [2.45, 2.75) is 27.7 Å². The van der Waals surface area contributed by atoms with Crippen LogP contribution in [0.15, 0.2) is 0 Å². The minimum absolute atomic E-state index is 0. The zero-order valence-corrected chi connectivity index (χ0v) is 18.3. The first-order valence-electron chi connectivity index (χ1n) is 5.07. The molecule has 0 spiro atoms. The number of carbonyl (C=O) groups excluding carboxylic acids is 2. The molecule has 0 aromatic rings. The topological polar surface area (TPSA) is 143 Å². The van der Waals surface area contributed by atoms with Gasteiger partial charge in [-0.15, -0.1) is 35.6 Å². The number of nitrogens with one attached hydrogen (secondary N) is 1. The number of alkyl halides is 2. The van der Waals surface area contributed by atoms with E-state index in [-0.39, 0.29) is 64.4 Å². The van der Waals surface area contributed by atoms with E-state index in [1.165, 1.54) is 5.48 Å². The van der Waals surface area contributed by atoms with Crippen LogP contribution in [0.25, 0.3) is 0 Å².